The van der Waals surface area contributed by atoms with Crippen molar-refractivity contribution < 1.29 is 4.74 Å². The van der Waals surface area contributed by atoms with E-state index in [0.717, 1.165) is 11.3 Å². The summed E-state index contributed by atoms with van der Waals surface area (Å²) in [6.45, 7) is 1.88. The standard InChI is InChI=1S/C9H11N3O/c1-6-9(10)12-7(11-6)4-3-5-8(12)13-2/h3-5H,10H2,1-2H3. The highest BCUT2D eigenvalue weighted by molar-refractivity contribution is 5.54. The number of anilines is 1. The van der Waals surface area contributed by atoms with Crippen LogP contribution < -0.4 is 10.5 Å². The summed E-state index contributed by atoms with van der Waals surface area (Å²) >= 11 is 0. The highest BCUT2D eigenvalue weighted by Gasteiger charge is 2.07. The number of aryl methyl sites for hydroxylation is 1. The molecule has 0 aliphatic carbocycles. The summed E-state index contributed by atoms with van der Waals surface area (Å²) in [4.78, 5) is 4.28. The average Bonchev–Trinajstić information content (AvgIpc) is 2.43. The van der Waals surface area contributed by atoms with Gasteiger partial charge in [0.1, 0.15) is 11.5 Å². The molecule has 0 aromatic carbocycles. The fraction of sp³-hybridized carbons (Fsp3) is 0.222. The van der Waals surface area contributed by atoms with Crippen molar-refractivity contribution in [1.82, 2.24) is 9.38 Å². The largest absolute Gasteiger partial charge is 0.482 e. The first-order valence-electron chi connectivity index (χ1n) is 4.01. The van der Waals surface area contributed by atoms with Gasteiger partial charge in [-0.25, -0.2) is 9.38 Å². The fourth-order valence-corrected chi connectivity index (χ4v) is 1.36. The zero-order valence-electron chi connectivity index (χ0n) is 7.61. The lowest BCUT2D eigenvalue weighted by molar-refractivity contribution is 0.393. The Morgan fingerprint density at radius 3 is 2.92 bits per heavy atom. The molecule has 0 saturated heterocycles. The van der Waals surface area contributed by atoms with Gasteiger partial charge in [0.15, 0.2) is 0 Å². The molecule has 0 unspecified atom stereocenters. The number of aromatic nitrogens is 2. The van der Waals surface area contributed by atoms with Crippen LogP contribution in [0.25, 0.3) is 5.65 Å². The normalized spacial score (nSPS) is 10.6. The first-order valence-corrected chi connectivity index (χ1v) is 4.01. The Kier molecular flexibility index (Phi) is 1.62. The predicted molar refractivity (Wildman–Crippen MR) is 50.9 cm³/mol. The van der Waals surface area contributed by atoms with Crippen molar-refractivity contribution in [2.24, 2.45) is 0 Å². The number of methoxy groups -OCH3 is 1. The number of fused-ring (bicyclic) bond motifs is 1. The molecule has 0 bridgehead atoms. The minimum Gasteiger partial charge on any atom is -0.482 e. The molecule has 4 nitrogen and oxygen atoms in total. The summed E-state index contributed by atoms with van der Waals surface area (Å²) in [5.41, 5.74) is 7.47. The molecule has 0 fully saturated rings. The Hall–Kier alpha value is -1.71. The molecule has 2 N–H and O–H groups in total. The minimum atomic E-state index is 0.632. The van der Waals surface area contributed by atoms with Crippen LogP contribution in [-0.4, -0.2) is 16.5 Å². The molecule has 0 radical (unpaired) electrons. The number of nitrogens with two attached hydrogens (primary N) is 1. The van der Waals surface area contributed by atoms with E-state index in [2.05, 4.69) is 4.98 Å². The number of nitrogens with zero attached hydrogens (tertiary/aromatic N) is 2. The number of ether oxygens (including phenoxy) is 1. The smallest absolute Gasteiger partial charge is 0.200 e. The van der Waals surface area contributed by atoms with Crippen LogP contribution in [0.3, 0.4) is 0 Å². The van der Waals surface area contributed by atoms with Crippen molar-refractivity contribution in [1.29, 1.82) is 0 Å². The van der Waals surface area contributed by atoms with Gasteiger partial charge in [0, 0.05) is 0 Å². The number of hydrogen-bond acceptors (Lipinski definition) is 3. The van der Waals surface area contributed by atoms with Gasteiger partial charge in [0.25, 0.3) is 0 Å². The van der Waals surface area contributed by atoms with Crippen molar-refractivity contribution in [2.75, 3.05) is 12.8 Å². The summed E-state index contributed by atoms with van der Waals surface area (Å²) in [6, 6.07) is 5.64. The molecule has 2 heterocycles. The van der Waals surface area contributed by atoms with E-state index in [9.17, 15) is 0 Å². The highest BCUT2D eigenvalue weighted by Crippen LogP contribution is 2.20. The van der Waals surface area contributed by atoms with Gasteiger partial charge >= 0.3 is 0 Å². The van der Waals surface area contributed by atoms with Crippen molar-refractivity contribution in [3.63, 3.8) is 0 Å². The minimum absolute atomic E-state index is 0.632. The van der Waals surface area contributed by atoms with E-state index in [1.54, 1.807) is 11.5 Å². The lowest BCUT2D eigenvalue weighted by Gasteiger charge is -2.03. The molecule has 4 heteroatoms. The lowest BCUT2D eigenvalue weighted by Crippen LogP contribution is -1.98. The topological polar surface area (TPSA) is 52.5 Å². The number of imidazole rings is 1. The van der Waals surface area contributed by atoms with Crippen LogP contribution in [0.2, 0.25) is 0 Å². The van der Waals surface area contributed by atoms with Gasteiger partial charge in [-0.3, -0.25) is 0 Å². The Bertz CT molecular complexity index is 447. The van der Waals surface area contributed by atoms with Gasteiger partial charge < -0.3 is 10.5 Å². The second kappa shape index (κ2) is 2.65. The van der Waals surface area contributed by atoms with Crippen LogP contribution in [0.5, 0.6) is 5.88 Å². The molecule has 68 valence electrons. The summed E-state index contributed by atoms with van der Waals surface area (Å²) in [5.74, 6) is 1.34. The van der Waals surface area contributed by atoms with Crippen LogP contribution in [0.15, 0.2) is 18.2 Å². The van der Waals surface area contributed by atoms with Crippen molar-refractivity contribution in [3.05, 3.63) is 23.9 Å². The summed E-state index contributed by atoms with van der Waals surface area (Å²) in [7, 11) is 1.61. The van der Waals surface area contributed by atoms with Crippen LogP contribution in [0.4, 0.5) is 5.82 Å². The van der Waals surface area contributed by atoms with E-state index in [0.29, 0.717) is 11.7 Å². The molecular weight excluding hydrogens is 166 g/mol. The maximum Gasteiger partial charge on any atom is 0.200 e. The number of nitrogen functional groups attached to an aromatic ring is 1. The SMILES string of the molecule is COc1cccc2nc(C)c(N)n12. The maximum atomic E-state index is 5.84. The van der Waals surface area contributed by atoms with E-state index in [1.807, 2.05) is 25.1 Å². The number of rotatable bonds is 1. The Morgan fingerprint density at radius 2 is 2.23 bits per heavy atom. The summed E-state index contributed by atoms with van der Waals surface area (Å²) in [5, 5.41) is 0. The first-order chi connectivity index (χ1) is 6.24. The zero-order chi connectivity index (χ0) is 9.42. The third-order valence-electron chi connectivity index (χ3n) is 2.04. The van der Waals surface area contributed by atoms with E-state index >= 15 is 0 Å². The quantitative estimate of drug-likeness (QED) is 0.712. The fourth-order valence-electron chi connectivity index (χ4n) is 1.36. The molecule has 0 saturated carbocycles. The lowest BCUT2D eigenvalue weighted by atomic mass is 10.4. The van der Waals surface area contributed by atoms with Crippen LogP contribution in [0, 0.1) is 6.92 Å². The third-order valence-corrected chi connectivity index (χ3v) is 2.04. The Morgan fingerprint density at radius 1 is 1.46 bits per heavy atom. The number of pyridine rings is 1. The number of hydrogen-bond donors (Lipinski definition) is 1. The second-order valence-electron chi connectivity index (χ2n) is 2.84. The van der Waals surface area contributed by atoms with Gasteiger partial charge in [-0.1, -0.05) is 6.07 Å². The van der Waals surface area contributed by atoms with Crippen molar-refractivity contribution in [3.8, 4) is 5.88 Å². The summed E-state index contributed by atoms with van der Waals surface area (Å²) in [6.07, 6.45) is 0. The Labute approximate surface area is 76.0 Å². The molecule has 2 aromatic heterocycles. The van der Waals surface area contributed by atoms with Crippen LogP contribution in [-0.2, 0) is 0 Å². The monoisotopic (exact) mass is 177 g/mol. The molecular formula is C9H11N3O. The van der Waals surface area contributed by atoms with E-state index in [1.165, 1.54) is 0 Å². The van der Waals surface area contributed by atoms with Crippen LogP contribution in [0.1, 0.15) is 5.69 Å². The summed E-state index contributed by atoms with van der Waals surface area (Å²) < 4.78 is 6.95. The van der Waals surface area contributed by atoms with Gasteiger partial charge in [-0.2, -0.15) is 0 Å². The molecule has 0 amide bonds. The van der Waals surface area contributed by atoms with E-state index in [4.69, 9.17) is 10.5 Å². The molecule has 2 rings (SSSR count). The second-order valence-corrected chi connectivity index (χ2v) is 2.84. The molecule has 13 heavy (non-hydrogen) atoms. The van der Waals surface area contributed by atoms with Gasteiger partial charge in [0.2, 0.25) is 5.88 Å². The Balaban J connectivity index is 2.87. The van der Waals surface area contributed by atoms with Gasteiger partial charge in [-0.05, 0) is 19.1 Å². The molecule has 0 aliphatic rings. The predicted octanol–water partition coefficient (Wildman–Crippen LogP) is 1.23. The van der Waals surface area contributed by atoms with E-state index in [-0.39, 0.29) is 0 Å². The van der Waals surface area contributed by atoms with Crippen LogP contribution >= 0.6 is 0 Å². The first kappa shape index (κ1) is 7.91. The average molecular weight is 177 g/mol. The van der Waals surface area contributed by atoms with Crippen molar-refractivity contribution in [2.45, 2.75) is 6.92 Å². The molecule has 0 atom stereocenters. The molecule has 0 spiro atoms. The molecule has 2 aromatic rings. The highest BCUT2D eigenvalue weighted by atomic mass is 16.5. The molecule has 0 aliphatic heterocycles. The van der Waals surface area contributed by atoms with Crippen molar-refractivity contribution >= 4 is 11.5 Å². The zero-order valence-corrected chi connectivity index (χ0v) is 7.61. The maximum absolute atomic E-state index is 5.84. The van der Waals surface area contributed by atoms with Gasteiger partial charge in [0.05, 0.1) is 12.8 Å². The van der Waals surface area contributed by atoms with E-state index < -0.39 is 0 Å². The van der Waals surface area contributed by atoms with Gasteiger partial charge in [-0.15, -0.1) is 0 Å². The third kappa shape index (κ3) is 1.02.